The molecule has 0 radical (unpaired) electrons. The number of para-hydroxylation sites is 1. The van der Waals surface area contributed by atoms with E-state index < -0.39 is 17.8 Å². The summed E-state index contributed by atoms with van der Waals surface area (Å²) in [6.45, 7) is 3.93. The van der Waals surface area contributed by atoms with E-state index in [-0.39, 0.29) is 28.4 Å². The summed E-state index contributed by atoms with van der Waals surface area (Å²) in [5.41, 5.74) is 7.46. The van der Waals surface area contributed by atoms with Crippen molar-refractivity contribution < 1.29 is 18.7 Å². The molecule has 2 unspecified atom stereocenters. The number of carbonyl (C=O) groups excluding carboxylic acids is 2. The van der Waals surface area contributed by atoms with Crippen molar-refractivity contribution in [1.82, 2.24) is 20.0 Å². The van der Waals surface area contributed by atoms with E-state index in [9.17, 15) is 14.0 Å². The SMILES string of the molecule is COCCN1CC(NC(=O)Nc2c(C(N)=O)c(C)nn2-c2ccccc2)C(c2cc(F)cc(Cl)c2)C1. The minimum Gasteiger partial charge on any atom is -0.383 e. The van der Waals surface area contributed by atoms with Gasteiger partial charge < -0.3 is 15.8 Å². The highest BCUT2D eigenvalue weighted by molar-refractivity contribution is 6.30. The maximum absolute atomic E-state index is 14.1. The van der Waals surface area contributed by atoms with Crippen molar-refractivity contribution in [3.8, 4) is 5.69 Å². The molecule has 190 valence electrons. The van der Waals surface area contributed by atoms with Gasteiger partial charge in [-0.05, 0) is 42.8 Å². The van der Waals surface area contributed by atoms with Gasteiger partial charge in [0.1, 0.15) is 11.4 Å². The van der Waals surface area contributed by atoms with E-state index in [0.29, 0.717) is 43.2 Å². The lowest BCUT2D eigenvalue weighted by Crippen LogP contribution is -2.43. The summed E-state index contributed by atoms with van der Waals surface area (Å²) in [4.78, 5) is 27.5. The first-order valence-electron chi connectivity index (χ1n) is 11.5. The number of hydrogen-bond donors (Lipinski definition) is 3. The second-order valence-electron chi connectivity index (χ2n) is 8.69. The van der Waals surface area contributed by atoms with Gasteiger partial charge in [0.2, 0.25) is 0 Å². The molecule has 0 saturated carbocycles. The number of aromatic nitrogens is 2. The molecule has 1 aliphatic rings. The molecule has 0 bridgehead atoms. The summed E-state index contributed by atoms with van der Waals surface area (Å²) in [6, 6.07) is 12.6. The summed E-state index contributed by atoms with van der Waals surface area (Å²) in [7, 11) is 1.62. The monoisotopic (exact) mass is 514 g/mol. The summed E-state index contributed by atoms with van der Waals surface area (Å²) >= 11 is 6.11. The molecular formula is C25H28ClFN6O3. The molecule has 3 amide bonds. The molecule has 1 saturated heterocycles. The zero-order valence-electron chi connectivity index (χ0n) is 20.0. The number of nitrogens with zero attached hydrogens (tertiary/aromatic N) is 3. The van der Waals surface area contributed by atoms with Crippen molar-refractivity contribution in [3.63, 3.8) is 0 Å². The third-order valence-corrected chi connectivity index (χ3v) is 6.39. The maximum atomic E-state index is 14.1. The predicted octanol–water partition coefficient (Wildman–Crippen LogP) is 3.31. The highest BCUT2D eigenvalue weighted by Crippen LogP contribution is 2.30. The first-order chi connectivity index (χ1) is 17.3. The molecule has 36 heavy (non-hydrogen) atoms. The number of benzene rings is 2. The summed E-state index contributed by atoms with van der Waals surface area (Å²) in [5, 5.41) is 10.4. The smallest absolute Gasteiger partial charge is 0.320 e. The van der Waals surface area contributed by atoms with Gasteiger partial charge in [0.15, 0.2) is 5.82 Å². The number of urea groups is 1. The largest absolute Gasteiger partial charge is 0.383 e. The standard InChI is InChI=1S/C25H28ClFN6O3/c1-15-22(23(28)34)24(33(31-15)19-6-4-3-5-7-19)30-25(35)29-21-14-32(8-9-36-2)13-20(21)16-10-17(26)12-18(27)11-16/h3-7,10-12,20-21H,8-9,13-14H2,1-2H3,(H2,28,34)(H2,29,30,35). The van der Waals surface area contributed by atoms with Gasteiger partial charge in [-0.1, -0.05) is 29.8 Å². The van der Waals surface area contributed by atoms with E-state index in [1.165, 1.54) is 16.8 Å². The quantitative estimate of drug-likeness (QED) is 0.426. The lowest BCUT2D eigenvalue weighted by molar-refractivity contribution is 0.100. The van der Waals surface area contributed by atoms with Crippen LogP contribution < -0.4 is 16.4 Å². The number of hydrogen-bond acceptors (Lipinski definition) is 5. The zero-order valence-corrected chi connectivity index (χ0v) is 20.8. The van der Waals surface area contributed by atoms with Crippen LogP contribution in [-0.4, -0.2) is 66.0 Å². The Morgan fingerprint density at radius 3 is 2.64 bits per heavy atom. The van der Waals surface area contributed by atoms with E-state index in [0.717, 1.165) is 0 Å². The van der Waals surface area contributed by atoms with Crippen molar-refractivity contribution in [2.45, 2.75) is 18.9 Å². The van der Waals surface area contributed by atoms with Crippen molar-refractivity contribution >= 4 is 29.4 Å². The van der Waals surface area contributed by atoms with Crippen LogP contribution in [0.3, 0.4) is 0 Å². The average Bonchev–Trinajstić information content (AvgIpc) is 3.37. The first-order valence-corrected chi connectivity index (χ1v) is 11.8. The number of halogens is 2. The third kappa shape index (κ3) is 5.67. The second kappa shape index (κ2) is 11.1. The van der Waals surface area contributed by atoms with Crippen LogP contribution in [-0.2, 0) is 4.74 Å². The summed E-state index contributed by atoms with van der Waals surface area (Å²) in [6.07, 6.45) is 0. The number of nitrogens with one attached hydrogen (secondary N) is 2. The minimum atomic E-state index is -0.705. The normalized spacial score (nSPS) is 17.8. The molecule has 1 aliphatic heterocycles. The van der Waals surface area contributed by atoms with Crippen molar-refractivity contribution in [3.05, 3.63) is 76.2 Å². The molecule has 1 aromatic heterocycles. The van der Waals surface area contributed by atoms with Crippen LogP contribution in [0.5, 0.6) is 0 Å². The molecule has 0 spiro atoms. The fourth-order valence-electron chi connectivity index (χ4n) is 4.57. The van der Waals surface area contributed by atoms with Gasteiger partial charge in [-0.15, -0.1) is 0 Å². The fraction of sp³-hybridized carbons (Fsp3) is 0.320. The molecule has 2 aromatic carbocycles. The Labute approximate surface area is 213 Å². The van der Waals surface area contributed by atoms with E-state index >= 15 is 0 Å². The third-order valence-electron chi connectivity index (χ3n) is 6.18. The molecule has 4 rings (SSSR count). The van der Waals surface area contributed by atoms with E-state index in [1.807, 2.05) is 18.2 Å². The van der Waals surface area contributed by atoms with Crippen LogP contribution in [0.1, 0.15) is 27.5 Å². The molecule has 2 heterocycles. The number of carbonyl (C=O) groups is 2. The Balaban J connectivity index is 1.60. The van der Waals surface area contributed by atoms with Gasteiger partial charge in [0.05, 0.1) is 24.0 Å². The zero-order chi connectivity index (χ0) is 25.8. The number of primary amides is 1. The highest BCUT2D eigenvalue weighted by atomic mass is 35.5. The molecule has 2 atom stereocenters. The van der Waals surface area contributed by atoms with E-state index in [2.05, 4.69) is 20.6 Å². The minimum absolute atomic E-state index is 0.121. The molecule has 11 heteroatoms. The number of anilines is 1. The molecule has 3 aromatic rings. The maximum Gasteiger partial charge on any atom is 0.320 e. The number of ether oxygens (including phenoxy) is 1. The second-order valence-corrected chi connectivity index (χ2v) is 9.12. The predicted molar refractivity (Wildman–Crippen MR) is 135 cm³/mol. The van der Waals surface area contributed by atoms with Crippen LogP contribution in [0.4, 0.5) is 15.0 Å². The highest BCUT2D eigenvalue weighted by Gasteiger charge is 2.35. The average molecular weight is 515 g/mol. The topological polar surface area (TPSA) is 115 Å². The van der Waals surface area contributed by atoms with Crippen LogP contribution in [0.15, 0.2) is 48.5 Å². The van der Waals surface area contributed by atoms with Gasteiger partial charge in [0.25, 0.3) is 5.91 Å². The molecule has 0 aliphatic carbocycles. The van der Waals surface area contributed by atoms with Crippen molar-refractivity contribution in [1.29, 1.82) is 0 Å². The molecule has 1 fully saturated rings. The van der Waals surface area contributed by atoms with Crippen LogP contribution in [0.25, 0.3) is 5.69 Å². The number of aryl methyl sites for hydroxylation is 1. The Bertz CT molecular complexity index is 1230. The number of methoxy groups -OCH3 is 1. The fourth-order valence-corrected chi connectivity index (χ4v) is 4.80. The van der Waals surface area contributed by atoms with Gasteiger partial charge in [-0.3, -0.25) is 15.0 Å². The van der Waals surface area contributed by atoms with Gasteiger partial charge in [0, 0.05) is 37.7 Å². The van der Waals surface area contributed by atoms with Crippen LogP contribution in [0, 0.1) is 12.7 Å². The number of nitrogens with two attached hydrogens (primary N) is 1. The number of amides is 3. The van der Waals surface area contributed by atoms with Gasteiger partial charge >= 0.3 is 6.03 Å². The Kier molecular flexibility index (Phi) is 7.88. The Morgan fingerprint density at radius 2 is 1.97 bits per heavy atom. The van der Waals surface area contributed by atoms with Gasteiger partial charge in [-0.25, -0.2) is 13.9 Å². The first kappa shape index (κ1) is 25.6. The Morgan fingerprint density at radius 1 is 1.22 bits per heavy atom. The van der Waals surface area contributed by atoms with Crippen LogP contribution in [0.2, 0.25) is 5.02 Å². The van der Waals surface area contributed by atoms with E-state index in [1.54, 1.807) is 32.2 Å². The molecule has 4 N–H and O–H groups in total. The summed E-state index contributed by atoms with van der Waals surface area (Å²) < 4.78 is 20.8. The lowest BCUT2D eigenvalue weighted by atomic mass is 9.94. The number of likely N-dealkylation sites (tertiary alicyclic amines) is 1. The number of rotatable bonds is 8. The lowest BCUT2D eigenvalue weighted by Gasteiger charge is -2.21. The van der Waals surface area contributed by atoms with E-state index in [4.69, 9.17) is 22.1 Å². The molecular weight excluding hydrogens is 487 g/mol. The summed E-state index contributed by atoms with van der Waals surface area (Å²) in [5.74, 6) is -1.19. The van der Waals surface area contributed by atoms with Crippen molar-refractivity contribution in [2.75, 3.05) is 38.7 Å². The van der Waals surface area contributed by atoms with Crippen molar-refractivity contribution in [2.24, 2.45) is 5.73 Å². The Hall–Kier alpha value is -3.47. The van der Waals surface area contributed by atoms with Crippen LogP contribution >= 0.6 is 11.6 Å². The molecule has 9 nitrogen and oxygen atoms in total. The van der Waals surface area contributed by atoms with Gasteiger partial charge in [-0.2, -0.15) is 5.10 Å².